The Morgan fingerprint density at radius 3 is 2.89 bits per heavy atom. The van der Waals surface area contributed by atoms with Crippen molar-refractivity contribution in [2.24, 2.45) is 0 Å². The smallest absolute Gasteiger partial charge is 0.146 e. The van der Waals surface area contributed by atoms with Crippen LogP contribution in [0.4, 0.5) is 10.1 Å². The second kappa shape index (κ2) is 5.00. The highest BCUT2D eigenvalue weighted by Gasteiger charge is 2.07. The van der Waals surface area contributed by atoms with E-state index in [2.05, 4.69) is 10.2 Å². The molecule has 0 fully saturated rings. The second-order valence-electron chi connectivity index (χ2n) is 4.22. The number of carbonyl (C=O) groups excluding carboxylic acids is 1. The number of ketones is 1. The maximum absolute atomic E-state index is 13.0. The Labute approximate surface area is 104 Å². The molecular weight excluding hydrogens is 233 g/mol. The van der Waals surface area contributed by atoms with Crippen molar-refractivity contribution < 1.29 is 9.18 Å². The van der Waals surface area contributed by atoms with Crippen LogP contribution in [-0.4, -0.2) is 16.0 Å². The van der Waals surface area contributed by atoms with E-state index in [9.17, 15) is 9.18 Å². The number of nitrogen functional groups attached to an aromatic ring is 1. The third-order valence-electron chi connectivity index (χ3n) is 2.67. The van der Waals surface area contributed by atoms with Gasteiger partial charge in [-0.05, 0) is 37.6 Å². The molecule has 0 radical (unpaired) electrons. The summed E-state index contributed by atoms with van der Waals surface area (Å²) in [7, 11) is 0. The van der Waals surface area contributed by atoms with Crippen LogP contribution in [0.3, 0.4) is 0 Å². The van der Waals surface area contributed by atoms with E-state index >= 15 is 0 Å². The number of hydrogen-bond donors (Lipinski definition) is 2. The fourth-order valence-corrected chi connectivity index (χ4v) is 1.65. The number of hydrogen-bond acceptors (Lipinski definition) is 3. The van der Waals surface area contributed by atoms with E-state index in [-0.39, 0.29) is 11.5 Å². The SMILES string of the molecule is CC(=O)CCc1cc(-c2ccc(F)c(N)c2)n[nH]1. The first-order valence-electron chi connectivity index (χ1n) is 5.65. The fraction of sp³-hybridized carbons (Fsp3) is 0.231. The number of nitrogens with zero attached hydrogens (tertiary/aromatic N) is 1. The zero-order chi connectivity index (χ0) is 13.1. The van der Waals surface area contributed by atoms with Crippen LogP contribution < -0.4 is 5.73 Å². The van der Waals surface area contributed by atoms with E-state index in [1.807, 2.05) is 6.07 Å². The molecule has 0 saturated heterocycles. The van der Waals surface area contributed by atoms with Gasteiger partial charge in [-0.1, -0.05) is 0 Å². The summed E-state index contributed by atoms with van der Waals surface area (Å²) in [5.74, 6) is -0.303. The third-order valence-corrected chi connectivity index (χ3v) is 2.67. The van der Waals surface area contributed by atoms with Crippen molar-refractivity contribution in [2.45, 2.75) is 19.8 Å². The normalized spacial score (nSPS) is 10.6. The first-order chi connectivity index (χ1) is 8.56. The van der Waals surface area contributed by atoms with Gasteiger partial charge in [0.2, 0.25) is 0 Å². The molecule has 4 nitrogen and oxygen atoms in total. The molecule has 94 valence electrons. The lowest BCUT2D eigenvalue weighted by atomic mass is 10.1. The summed E-state index contributed by atoms with van der Waals surface area (Å²) < 4.78 is 13.0. The molecule has 1 aromatic carbocycles. The lowest BCUT2D eigenvalue weighted by Gasteiger charge is -1.99. The molecule has 1 heterocycles. The van der Waals surface area contributed by atoms with E-state index in [0.29, 0.717) is 18.5 Å². The van der Waals surface area contributed by atoms with Crippen molar-refractivity contribution in [1.29, 1.82) is 0 Å². The average molecular weight is 247 g/mol. The number of halogens is 1. The maximum Gasteiger partial charge on any atom is 0.146 e. The number of nitrogens with one attached hydrogen (secondary N) is 1. The summed E-state index contributed by atoms with van der Waals surface area (Å²) in [6.45, 7) is 1.55. The molecule has 0 unspecified atom stereocenters. The third kappa shape index (κ3) is 2.74. The monoisotopic (exact) mass is 247 g/mol. The van der Waals surface area contributed by atoms with Crippen molar-refractivity contribution in [1.82, 2.24) is 10.2 Å². The summed E-state index contributed by atoms with van der Waals surface area (Å²) in [5, 5.41) is 6.98. The van der Waals surface area contributed by atoms with Crippen LogP contribution in [0.15, 0.2) is 24.3 Å². The Morgan fingerprint density at radius 2 is 2.22 bits per heavy atom. The first-order valence-corrected chi connectivity index (χ1v) is 5.65. The topological polar surface area (TPSA) is 71.8 Å². The minimum atomic E-state index is -0.439. The van der Waals surface area contributed by atoms with Gasteiger partial charge in [-0.3, -0.25) is 5.10 Å². The number of aromatic nitrogens is 2. The van der Waals surface area contributed by atoms with Gasteiger partial charge in [0.15, 0.2) is 0 Å². The van der Waals surface area contributed by atoms with Crippen LogP contribution in [-0.2, 0) is 11.2 Å². The molecule has 0 bridgehead atoms. The predicted molar refractivity (Wildman–Crippen MR) is 67.4 cm³/mol. The van der Waals surface area contributed by atoms with Crippen LogP contribution in [0, 0.1) is 5.82 Å². The molecule has 0 atom stereocenters. The molecule has 0 aliphatic carbocycles. The van der Waals surface area contributed by atoms with Gasteiger partial charge in [0.05, 0.1) is 11.4 Å². The van der Waals surface area contributed by atoms with Gasteiger partial charge in [0, 0.05) is 17.7 Å². The summed E-state index contributed by atoms with van der Waals surface area (Å²) in [5.41, 5.74) is 7.93. The number of nitrogens with two attached hydrogens (primary N) is 1. The van der Waals surface area contributed by atoms with Gasteiger partial charge in [-0.15, -0.1) is 0 Å². The maximum atomic E-state index is 13.0. The molecule has 3 N–H and O–H groups in total. The van der Waals surface area contributed by atoms with E-state index < -0.39 is 5.82 Å². The molecule has 0 amide bonds. The number of aromatic amines is 1. The zero-order valence-electron chi connectivity index (χ0n) is 10.0. The summed E-state index contributed by atoms with van der Waals surface area (Å²) >= 11 is 0. The molecule has 0 saturated carbocycles. The molecule has 2 rings (SSSR count). The minimum absolute atomic E-state index is 0.0979. The Hall–Kier alpha value is -2.17. The highest BCUT2D eigenvalue weighted by molar-refractivity contribution is 5.75. The predicted octanol–water partition coefficient (Wildman–Crippen LogP) is 2.32. The number of H-pyrrole nitrogens is 1. The zero-order valence-corrected chi connectivity index (χ0v) is 10.0. The average Bonchev–Trinajstić information content (AvgIpc) is 2.79. The molecule has 18 heavy (non-hydrogen) atoms. The van der Waals surface area contributed by atoms with Gasteiger partial charge in [-0.25, -0.2) is 4.39 Å². The second-order valence-corrected chi connectivity index (χ2v) is 4.22. The fourth-order valence-electron chi connectivity index (χ4n) is 1.65. The van der Waals surface area contributed by atoms with E-state index in [4.69, 9.17) is 5.73 Å². The van der Waals surface area contributed by atoms with Crippen molar-refractivity contribution in [2.75, 3.05) is 5.73 Å². The molecule has 2 aromatic rings. The van der Waals surface area contributed by atoms with Crippen LogP contribution >= 0.6 is 0 Å². The van der Waals surface area contributed by atoms with Crippen LogP contribution in [0.1, 0.15) is 19.0 Å². The standard InChI is InChI=1S/C13H14FN3O/c1-8(18)2-4-10-7-13(17-16-10)9-3-5-11(14)12(15)6-9/h3,5-7H,2,4,15H2,1H3,(H,16,17). The van der Waals surface area contributed by atoms with Crippen LogP contribution in [0.2, 0.25) is 0 Å². The van der Waals surface area contributed by atoms with Crippen molar-refractivity contribution in [3.05, 3.63) is 35.8 Å². The Morgan fingerprint density at radius 1 is 1.44 bits per heavy atom. The quantitative estimate of drug-likeness (QED) is 0.814. The minimum Gasteiger partial charge on any atom is -0.396 e. The van der Waals surface area contributed by atoms with Crippen molar-refractivity contribution in [3.63, 3.8) is 0 Å². The number of carbonyl (C=O) groups is 1. The number of aryl methyl sites for hydroxylation is 1. The molecule has 1 aromatic heterocycles. The molecule has 0 aliphatic heterocycles. The van der Waals surface area contributed by atoms with Crippen LogP contribution in [0.5, 0.6) is 0 Å². The number of rotatable bonds is 4. The number of Topliss-reactive ketones (excluding diaryl/α,β-unsaturated/α-hetero) is 1. The van der Waals surface area contributed by atoms with Gasteiger partial charge in [-0.2, -0.15) is 5.10 Å². The summed E-state index contributed by atoms with van der Waals surface area (Å²) in [6, 6.07) is 6.32. The Bertz CT molecular complexity index is 577. The van der Waals surface area contributed by atoms with Crippen LogP contribution in [0.25, 0.3) is 11.3 Å². The molecule has 5 heteroatoms. The largest absolute Gasteiger partial charge is 0.396 e. The van der Waals surface area contributed by atoms with Gasteiger partial charge < -0.3 is 10.5 Å². The highest BCUT2D eigenvalue weighted by atomic mass is 19.1. The van der Waals surface area contributed by atoms with Crippen molar-refractivity contribution >= 4 is 11.5 Å². The molecular formula is C13H14FN3O. The summed E-state index contributed by atoms with van der Waals surface area (Å²) in [4.78, 5) is 10.9. The first kappa shape index (κ1) is 12.3. The lowest BCUT2D eigenvalue weighted by molar-refractivity contribution is -0.116. The van der Waals surface area contributed by atoms with E-state index in [0.717, 1.165) is 11.3 Å². The number of anilines is 1. The van der Waals surface area contributed by atoms with Gasteiger partial charge >= 0.3 is 0 Å². The Kier molecular flexibility index (Phi) is 3.41. The highest BCUT2D eigenvalue weighted by Crippen LogP contribution is 2.22. The molecule has 0 aliphatic rings. The molecule has 0 spiro atoms. The summed E-state index contributed by atoms with van der Waals surface area (Å²) in [6.07, 6.45) is 1.10. The number of benzene rings is 1. The van der Waals surface area contributed by atoms with E-state index in [1.54, 1.807) is 19.1 Å². The van der Waals surface area contributed by atoms with E-state index in [1.165, 1.54) is 6.07 Å². The van der Waals surface area contributed by atoms with Gasteiger partial charge in [0.25, 0.3) is 0 Å². The Balaban J connectivity index is 2.18. The van der Waals surface area contributed by atoms with Crippen molar-refractivity contribution in [3.8, 4) is 11.3 Å². The van der Waals surface area contributed by atoms with Gasteiger partial charge in [0.1, 0.15) is 11.6 Å². The lowest BCUT2D eigenvalue weighted by Crippen LogP contribution is -1.93.